The van der Waals surface area contributed by atoms with Gasteiger partial charge in [-0.15, -0.1) is 0 Å². The molecule has 1 aromatic heterocycles. The first-order valence-electron chi connectivity index (χ1n) is 10.7. The molecule has 3 N–H and O–H groups in total. The average molecular weight is 484 g/mol. The van der Waals surface area contributed by atoms with Crippen LogP contribution in [0.15, 0.2) is 54.7 Å². The number of halogens is 2. The van der Waals surface area contributed by atoms with E-state index in [4.69, 9.17) is 9.84 Å². The van der Waals surface area contributed by atoms with Crippen molar-refractivity contribution in [2.45, 2.75) is 24.8 Å². The predicted molar refractivity (Wildman–Crippen MR) is 121 cm³/mol. The number of carboxylic acid groups (broad SMARTS) is 1. The average Bonchev–Trinajstić information content (AvgIpc) is 3.34. The Balaban J connectivity index is 1.44. The summed E-state index contributed by atoms with van der Waals surface area (Å²) in [7, 11) is 1.48. The number of carbonyl (C=O) groups excluding carboxylic acids is 2. The van der Waals surface area contributed by atoms with Gasteiger partial charge in [0.25, 0.3) is 5.91 Å². The molecule has 0 fully saturated rings. The fourth-order valence-corrected chi connectivity index (χ4v) is 4.11. The fourth-order valence-electron chi connectivity index (χ4n) is 4.11. The Labute approximate surface area is 198 Å². The molecule has 11 heteroatoms. The summed E-state index contributed by atoms with van der Waals surface area (Å²) in [5, 5.41) is 17.5. The van der Waals surface area contributed by atoms with Crippen molar-refractivity contribution in [2.24, 2.45) is 7.05 Å². The molecule has 2 amide bonds. The Morgan fingerprint density at radius 1 is 1.09 bits per heavy atom. The molecule has 0 aliphatic heterocycles. The van der Waals surface area contributed by atoms with Crippen molar-refractivity contribution in [2.75, 3.05) is 11.9 Å². The van der Waals surface area contributed by atoms with Crippen LogP contribution in [0.4, 0.5) is 19.4 Å². The first-order chi connectivity index (χ1) is 16.7. The van der Waals surface area contributed by atoms with E-state index in [0.717, 1.165) is 22.3 Å². The number of hydrogen-bond donors (Lipinski definition) is 3. The van der Waals surface area contributed by atoms with E-state index in [1.165, 1.54) is 17.9 Å². The lowest BCUT2D eigenvalue weighted by molar-refractivity contribution is -0.140. The monoisotopic (exact) mass is 484 g/mol. The van der Waals surface area contributed by atoms with Crippen molar-refractivity contribution in [1.29, 1.82) is 0 Å². The molecule has 9 nitrogen and oxygen atoms in total. The number of aryl methyl sites for hydroxylation is 1. The summed E-state index contributed by atoms with van der Waals surface area (Å²) >= 11 is 0. The summed E-state index contributed by atoms with van der Waals surface area (Å²) in [4.78, 5) is 36.3. The molecular weight excluding hydrogens is 462 g/mol. The highest BCUT2D eigenvalue weighted by atomic mass is 19.3. The van der Waals surface area contributed by atoms with Gasteiger partial charge >= 0.3 is 12.1 Å². The molecule has 35 heavy (non-hydrogen) atoms. The summed E-state index contributed by atoms with van der Waals surface area (Å²) in [5.74, 6) is -2.94. The number of aliphatic carboxylic acids is 1. The molecule has 0 saturated carbocycles. The van der Waals surface area contributed by atoms with Gasteiger partial charge in [0.2, 0.25) is 6.43 Å². The molecule has 182 valence electrons. The molecule has 0 spiro atoms. The number of hydrogen-bond acceptors (Lipinski definition) is 5. The van der Waals surface area contributed by atoms with Crippen LogP contribution in [0.3, 0.4) is 0 Å². The summed E-state index contributed by atoms with van der Waals surface area (Å²) in [5.41, 5.74) is 3.99. The second kappa shape index (κ2) is 9.92. The van der Waals surface area contributed by atoms with Gasteiger partial charge in [-0.3, -0.25) is 14.8 Å². The van der Waals surface area contributed by atoms with Gasteiger partial charge in [-0.1, -0.05) is 48.5 Å². The molecule has 4 rings (SSSR count). The first-order valence-corrected chi connectivity index (χ1v) is 10.7. The summed E-state index contributed by atoms with van der Waals surface area (Å²) in [6.45, 7) is 0.0314. The number of carbonyl (C=O) groups is 3. The highest BCUT2D eigenvalue weighted by Crippen LogP contribution is 2.44. The minimum atomic E-state index is -2.93. The van der Waals surface area contributed by atoms with Crippen molar-refractivity contribution >= 4 is 23.8 Å². The number of alkyl halides is 2. The van der Waals surface area contributed by atoms with Crippen LogP contribution in [-0.4, -0.2) is 51.9 Å². The SMILES string of the molecule is Cn1cc(C(=O)NC(CC(F)F)C(=O)O)c(NC(=O)OCC2c3ccccc3-c3ccccc32)n1. The summed E-state index contributed by atoms with van der Waals surface area (Å²) in [6, 6.07) is 13.9. The highest BCUT2D eigenvalue weighted by molar-refractivity contribution is 6.02. The number of carboxylic acids is 1. The maximum absolute atomic E-state index is 12.6. The number of fused-ring (bicyclic) bond motifs is 3. The van der Waals surface area contributed by atoms with Crippen molar-refractivity contribution < 1.29 is 33.0 Å². The van der Waals surface area contributed by atoms with E-state index in [1.807, 2.05) is 53.8 Å². The zero-order valence-electron chi connectivity index (χ0n) is 18.6. The zero-order chi connectivity index (χ0) is 25.1. The first kappa shape index (κ1) is 23.9. The van der Waals surface area contributed by atoms with Crippen LogP contribution in [0.25, 0.3) is 11.1 Å². The second-order valence-corrected chi connectivity index (χ2v) is 8.01. The molecule has 2 aromatic carbocycles. The van der Waals surface area contributed by atoms with Gasteiger partial charge in [0, 0.05) is 25.6 Å². The van der Waals surface area contributed by atoms with Crippen LogP contribution in [0.2, 0.25) is 0 Å². The number of nitrogens with zero attached hydrogens (tertiary/aromatic N) is 2. The molecule has 1 unspecified atom stereocenters. The molecule has 0 saturated heterocycles. The predicted octanol–water partition coefficient (Wildman–Crippen LogP) is 3.62. The number of nitrogens with one attached hydrogen (secondary N) is 2. The van der Waals surface area contributed by atoms with Gasteiger partial charge in [0.15, 0.2) is 5.82 Å². The number of ether oxygens (including phenoxy) is 1. The van der Waals surface area contributed by atoms with Gasteiger partial charge < -0.3 is 15.2 Å². The van der Waals surface area contributed by atoms with Gasteiger partial charge in [-0.2, -0.15) is 5.10 Å². The molecule has 3 aromatic rings. The lowest BCUT2D eigenvalue weighted by atomic mass is 9.98. The van der Waals surface area contributed by atoms with E-state index in [2.05, 4.69) is 10.4 Å². The lowest BCUT2D eigenvalue weighted by Crippen LogP contribution is -2.42. The van der Waals surface area contributed by atoms with Crippen LogP contribution in [0, 0.1) is 0 Å². The van der Waals surface area contributed by atoms with Crippen molar-refractivity contribution in [3.63, 3.8) is 0 Å². The number of anilines is 1. The Kier molecular flexibility index (Phi) is 6.76. The smallest absolute Gasteiger partial charge is 0.412 e. The topological polar surface area (TPSA) is 123 Å². The Bertz CT molecular complexity index is 1230. The quantitative estimate of drug-likeness (QED) is 0.449. The molecule has 0 radical (unpaired) electrons. The van der Waals surface area contributed by atoms with Crippen LogP contribution < -0.4 is 10.6 Å². The van der Waals surface area contributed by atoms with Crippen LogP contribution in [0.5, 0.6) is 0 Å². The lowest BCUT2D eigenvalue weighted by Gasteiger charge is -2.15. The van der Waals surface area contributed by atoms with E-state index >= 15 is 0 Å². The summed E-state index contributed by atoms with van der Waals surface area (Å²) in [6.07, 6.45) is -3.63. The minimum Gasteiger partial charge on any atom is -0.480 e. The third-order valence-electron chi connectivity index (χ3n) is 5.65. The van der Waals surface area contributed by atoms with Crippen molar-refractivity contribution in [1.82, 2.24) is 15.1 Å². The molecule has 1 aliphatic carbocycles. The third kappa shape index (κ3) is 5.13. The number of benzene rings is 2. The molecule has 1 aliphatic rings. The van der Waals surface area contributed by atoms with E-state index in [1.54, 1.807) is 0 Å². The molecular formula is C24H22F2N4O5. The molecule has 1 heterocycles. The van der Waals surface area contributed by atoms with Crippen molar-refractivity contribution in [3.8, 4) is 11.1 Å². The van der Waals surface area contributed by atoms with Crippen molar-refractivity contribution in [3.05, 3.63) is 71.4 Å². The van der Waals surface area contributed by atoms with E-state index < -0.39 is 36.9 Å². The molecule has 0 bridgehead atoms. The zero-order valence-corrected chi connectivity index (χ0v) is 18.6. The Hall–Kier alpha value is -4.28. The van der Waals surface area contributed by atoms with E-state index in [9.17, 15) is 23.2 Å². The fraction of sp³-hybridized carbons (Fsp3) is 0.250. The third-order valence-corrected chi connectivity index (χ3v) is 5.65. The maximum atomic E-state index is 12.6. The maximum Gasteiger partial charge on any atom is 0.412 e. The minimum absolute atomic E-state index is 0.0314. The van der Waals surface area contributed by atoms with Gasteiger partial charge in [0.1, 0.15) is 18.2 Å². The largest absolute Gasteiger partial charge is 0.480 e. The Morgan fingerprint density at radius 3 is 2.26 bits per heavy atom. The number of aromatic nitrogens is 2. The van der Waals surface area contributed by atoms with Crippen LogP contribution in [-0.2, 0) is 16.6 Å². The van der Waals surface area contributed by atoms with Crippen LogP contribution in [0.1, 0.15) is 33.8 Å². The Morgan fingerprint density at radius 2 is 1.69 bits per heavy atom. The van der Waals surface area contributed by atoms with E-state index in [-0.39, 0.29) is 23.9 Å². The number of amides is 2. The second-order valence-electron chi connectivity index (χ2n) is 8.01. The normalized spacial score (nSPS) is 13.1. The van der Waals surface area contributed by atoms with Gasteiger partial charge in [-0.25, -0.2) is 18.4 Å². The van der Waals surface area contributed by atoms with Crippen LogP contribution >= 0.6 is 0 Å². The standard InChI is InChI=1S/C24H22F2N4O5/c1-30-11-17(22(31)27-19(23(32)33)10-20(25)26)21(29-30)28-24(34)35-12-18-15-8-4-2-6-13(15)14-7-3-5-9-16(14)18/h2-9,11,18-20H,10,12H2,1H3,(H,27,31)(H,32,33)(H,28,29,34). The van der Waals surface area contributed by atoms with E-state index in [0.29, 0.717) is 0 Å². The van der Waals surface area contributed by atoms with Gasteiger partial charge in [-0.05, 0) is 22.3 Å². The molecule has 1 atom stereocenters. The highest BCUT2D eigenvalue weighted by Gasteiger charge is 2.30. The van der Waals surface area contributed by atoms with Gasteiger partial charge in [0.05, 0.1) is 0 Å². The summed E-state index contributed by atoms with van der Waals surface area (Å²) < 4.78 is 31.9. The number of rotatable bonds is 8.